The molecule has 1 amide bonds. The van der Waals surface area contributed by atoms with Crippen LogP contribution < -0.4 is 10.2 Å². The molecule has 7 rings (SSSR count). The van der Waals surface area contributed by atoms with E-state index < -0.39 is 11.7 Å². The number of hydrogen-bond acceptors (Lipinski definition) is 7. The number of carbonyl (C=O) groups excluding carboxylic acids is 1. The molecule has 1 saturated carbocycles. The molecule has 2 aromatic heterocycles. The molecule has 8 nitrogen and oxygen atoms in total. The lowest BCUT2D eigenvalue weighted by atomic mass is 10.1. The highest BCUT2D eigenvalue weighted by Crippen LogP contribution is 2.44. The van der Waals surface area contributed by atoms with Gasteiger partial charge in [0, 0.05) is 50.3 Å². The van der Waals surface area contributed by atoms with E-state index in [1.54, 1.807) is 13.0 Å². The summed E-state index contributed by atoms with van der Waals surface area (Å²) in [5.41, 5.74) is 3.80. The third kappa shape index (κ3) is 5.47. The summed E-state index contributed by atoms with van der Waals surface area (Å²) in [5, 5.41) is 12.8. The molecule has 1 saturated heterocycles. The van der Waals surface area contributed by atoms with Gasteiger partial charge in [0.1, 0.15) is 16.6 Å². The summed E-state index contributed by atoms with van der Waals surface area (Å²) in [6.45, 7) is 3.99. The van der Waals surface area contributed by atoms with Crippen molar-refractivity contribution < 1.29 is 22.4 Å². The summed E-state index contributed by atoms with van der Waals surface area (Å²) in [5.74, 6) is 0.407. The largest absolute Gasteiger partial charge is 0.416 e. The second-order valence-electron chi connectivity index (χ2n) is 11.0. The Balaban J connectivity index is 1.27. The van der Waals surface area contributed by atoms with Crippen LogP contribution in [0.2, 0.25) is 0 Å². The van der Waals surface area contributed by atoms with Crippen LogP contribution in [0.15, 0.2) is 60.7 Å². The summed E-state index contributed by atoms with van der Waals surface area (Å²) in [4.78, 5) is 21.0. The molecular formula is C31H27F4N7OS. The molecule has 0 atom stereocenters. The molecule has 1 N–H and O–H groups in total. The van der Waals surface area contributed by atoms with Gasteiger partial charge >= 0.3 is 6.18 Å². The van der Waals surface area contributed by atoms with E-state index in [-0.39, 0.29) is 17.8 Å². The van der Waals surface area contributed by atoms with E-state index in [1.807, 2.05) is 17.0 Å². The zero-order valence-corrected chi connectivity index (χ0v) is 24.4. The number of carbonyl (C=O) groups is 1. The first kappa shape index (κ1) is 28.3. The number of rotatable bonds is 6. The highest BCUT2D eigenvalue weighted by atomic mass is 32.1. The first-order valence-corrected chi connectivity index (χ1v) is 15.1. The summed E-state index contributed by atoms with van der Waals surface area (Å²) >= 11 is 1.23. The SMILES string of the molecule is CC(=O)N1CCN(c2cc3c(cc2Nc2nnc(-c4ccc(C(F)(F)F)cc4)s2)nc(-c2cccc(F)c2)n3C2CC2)CC1. The van der Waals surface area contributed by atoms with Crippen LogP contribution in [0.3, 0.4) is 0 Å². The molecule has 226 valence electrons. The van der Waals surface area contributed by atoms with Gasteiger partial charge in [-0.05, 0) is 49.2 Å². The van der Waals surface area contributed by atoms with Crippen molar-refractivity contribution in [2.45, 2.75) is 32.0 Å². The molecule has 5 aromatic rings. The lowest BCUT2D eigenvalue weighted by molar-refractivity contribution is -0.137. The zero-order chi connectivity index (χ0) is 30.6. The summed E-state index contributed by atoms with van der Waals surface area (Å²) in [6, 6.07) is 15.6. The number of fused-ring (bicyclic) bond motifs is 1. The smallest absolute Gasteiger partial charge is 0.366 e. The molecule has 0 spiro atoms. The molecule has 1 aliphatic carbocycles. The normalized spacial score (nSPS) is 15.7. The second kappa shape index (κ2) is 10.9. The van der Waals surface area contributed by atoms with Crippen LogP contribution in [-0.2, 0) is 11.0 Å². The molecule has 1 aliphatic heterocycles. The quantitative estimate of drug-likeness (QED) is 0.203. The Morgan fingerprint density at radius 2 is 1.70 bits per heavy atom. The maximum absolute atomic E-state index is 14.2. The van der Waals surface area contributed by atoms with Crippen molar-refractivity contribution in [2.75, 3.05) is 36.4 Å². The maximum Gasteiger partial charge on any atom is 0.416 e. The molecular weight excluding hydrogens is 594 g/mol. The average Bonchev–Trinajstić information content (AvgIpc) is 3.62. The van der Waals surface area contributed by atoms with Gasteiger partial charge in [0.05, 0.1) is 28.0 Å². The van der Waals surface area contributed by atoms with Gasteiger partial charge in [-0.2, -0.15) is 13.2 Å². The van der Waals surface area contributed by atoms with Crippen molar-refractivity contribution in [3.05, 3.63) is 72.0 Å². The minimum absolute atomic E-state index is 0.0367. The lowest BCUT2D eigenvalue weighted by Gasteiger charge is -2.36. The van der Waals surface area contributed by atoms with Gasteiger partial charge in [-0.3, -0.25) is 4.79 Å². The van der Waals surface area contributed by atoms with Gasteiger partial charge in [0.25, 0.3) is 0 Å². The summed E-state index contributed by atoms with van der Waals surface area (Å²) in [6.07, 6.45) is -2.39. The van der Waals surface area contributed by atoms with Gasteiger partial charge < -0.3 is 19.7 Å². The van der Waals surface area contributed by atoms with Gasteiger partial charge in [0.15, 0.2) is 0 Å². The topological polar surface area (TPSA) is 79.2 Å². The molecule has 0 radical (unpaired) electrons. The minimum atomic E-state index is -4.42. The monoisotopic (exact) mass is 621 g/mol. The van der Waals surface area contributed by atoms with Gasteiger partial charge in [-0.1, -0.05) is 35.6 Å². The molecule has 13 heteroatoms. The van der Waals surface area contributed by atoms with Crippen molar-refractivity contribution in [3.8, 4) is 22.0 Å². The fourth-order valence-corrected chi connectivity index (χ4v) is 6.36. The Bertz CT molecular complexity index is 1860. The number of hydrogen-bond donors (Lipinski definition) is 1. The van der Waals surface area contributed by atoms with Crippen LogP contribution in [0.4, 0.5) is 34.1 Å². The van der Waals surface area contributed by atoms with Gasteiger partial charge in [-0.15, -0.1) is 10.2 Å². The van der Waals surface area contributed by atoms with Crippen molar-refractivity contribution in [3.63, 3.8) is 0 Å². The van der Waals surface area contributed by atoms with Crippen molar-refractivity contribution in [2.24, 2.45) is 0 Å². The van der Waals surface area contributed by atoms with E-state index in [0.29, 0.717) is 53.3 Å². The Morgan fingerprint density at radius 1 is 0.955 bits per heavy atom. The Labute approximate surface area is 254 Å². The second-order valence-corrected chi connectivity index (χ2v) is 12.0. The Hall–Kier alpha value is -4.52. The van der Waals surface area contributed by atoms with E-state index in [4.69, 9.17) is 4.98 Å². The first-order valence-electron chi connectivity index (χ1n) is 14.2. The number of amides is 1. The minimum Gasteiger partial charge on any atom is -0.366 e. The Morgan fingerprint density at radius 3 is 2.36 bits per heavy atom. The fourth-order valence-electron chi connectivity index (χ4n) is 5.60. The summed E-state index contributed by atoms with van der Waals surface area (Å²) < 4.78 is 55.5. The summed E-state index contributed by atoms with van der Waals surface area (Å²) in [7, 11) is 0. The molecule has 3 aromatic carbocycles. The molecule has 0 unspecified atom stereocenters. The van der Waals surface area contributed by atoms with Crippen molar-refractivity contribution in [1.29, 1.82) is 0 Å². The molecule has 2 fully saturated rings. The standard InChI is InChI=1S/C31H27F4N7OS/c1-18(43)40-11-13-41(14-12-40)26-17-27-25(36-28(42(27)23-9-10-23)20-3-2-4-22(32)15-20)16-24(26)37-30-39-38-29(44-30)19-5-7-21(8-6-19)31(33,34)35/h2-8,15-17,23H,9-14H2,1H3,(H,37,39). The maximum atomic E-state index is 14.2. The van der Waals surface area contributed by atoms with E-state index >= 15 is 0 Å². The van der Waals surface area contributed by atoms with E-state index in [1.165, 1.54) is 35.6 Å². The third-order valence-electron chi connectivity index (χ3n) is 7.99. The van der Waals surface area contributed by atoms with Crippen molar-refractivity contribution in [1.82, 2.24) is 24.6 Å². The fraction of sp³-hybridized carbons (Fsp3) is 0.290. The number of imidazole rings is 1. The van der Waals surface area contributed by atoms with Crippen LogP contribution in [-0.4, -0.2) is 56.7 Å². The number of piperazine rings is 1. The zero-order valence-electron chi connectivity index (χ0n) is 23.6. The van der Waals surface area contributed by atoms with Crippen LogP contribution in [0.1, 0.15) is 31.4 Å². The average molecular weight is 622 g/mol. The van der Waals surface area contributed by atoms with Crippen LogP contribution in [0, 0.1) is 5.82 Å². The van der Waals surface area contributed by atoms with Crippen LogP contribution in [0.25, 0.3) is 33.0 Å². The number of anilines is 3. The Kier molecular flexibility index (Phi) is 6.99. The van der Waals surface area contributed by atoms with E-state index in [9.17, 15) is 22.4 Å². The van der Waals surface area contributed by atoms with E-state index in [2.05, 4.69) is 31.0 Å². The highest BCUT2D eigenvalue weighted by molar-refractivity contribution is 7.18. The molecule has 44 heavy (non-hydrogen) atoms. The van der Waals surface area contributed by atoms with Gasteiger partial charge in [0.2, 0.25) is 11.0 Å². The number of nitrogens with zero attached hydrogens (tertiary/aromatic N) is 6. The predicted octanol–water partition coefficient (Wildman–Crippen LogP) is 7.13. The van der Waals surface area contributed by atoms with Crippen molar-refractivity contribution >= 4 is 44.8 Å². The number of benzene rings is 3. The molecule has 3 heterocycles. The van der Waals surface area contributed by atoms with Gasteiger partial charge in [-0.25, -0.2) is 9.37 Å². The number of aromatic nitrogens is 4. The number of halogens is 4. The predicted molar refractivity (Wildman–Crippen MR) is 161 cm³/mol. The molecule has 0 bridgehead atoms. The van der Waals surface area contributed by atoms with Crippen LogP contribution in [0.5, 0.6) is 0 Å². The highest BCUT2D eigenvalue weighted by Gasteiger charge is 2.31. The first-order chi connectivity index (χ1) is 21.1. The lowest BCUT2D eigenvalue weighted by Crippen LogP contribution is -2.48. The van der Waals surface area contributed by atoms with Crippen LogP contribution >= 0.6 is 11.3 Å². The third-order valence-corrected chi connectivity index (χ3v) is 8.88. The number of nitrogens with one attached hydrogen (secondary N) is 1. The van der Waals surface area contributed by atoms with E-state index in [0.717, 1.165) is 47.4 Å². The molecule has 2 aliphatic rings. The number of alkyl halides is 3.